The Hall–Kier alpha value is -3.24. The molecule has 2 saturated heterocycles. The Morgan fingerprint density at radius 3 is 2.81 bits per heavy atom. The van der Waals surface area contributed by atoms with Gasteiger partial charge in [-0.1, -0.05) is 6.07 Å². The van der Waals surface area contributed by atoms with Crippen molar-refractivity contribution in [1.29, 1.82) is 5.41 Å². The minimum atomic E-state index is -0.700. The van der Waals surface area contributed by atoms with Crippen molar-refractivity contribution in [2.24, 2.45) is 0 Å². The summed E-state index contributed by atoms with van der Waals surface area (Å²) in [7, 11) is 0. The number of imide groups is 1. The van der Waals surface area contributed by atoms with E-state index in [-0.39, 0.29) is 49.3 Å². The molecule has 3 heterocycles. The Kier molecular flexibility index (Phi) is 6.52. The molecule has 1 aromatic carbocycles. The van der Waals surface area contributed by atoms with Crippen molar-refractivity contribution in [3.8, 4) is 5.75 Å². The van der Waals surface area contributed by atoms with Crippen LogP contribution in [0.1, 0.15) is 28.8 Å². The third kappa shape index (κ3) is 4.81. The van der Waals surface area contributed by atoms with E-state index in [4.69, 9.17) is 14.9 Å². The minimum absolute atomic E-state index is 0.0905. The average Bonchev–Trinajstić information content (AvgIpc) is 3.10. The Morgan fingerprint density at radius 1 is 1.28 bits per heavy atom. The Labute approximate surface area is 185 Å². The molecule has 3 amide bonds. The molecule has 1 unspecified atom stereocenters. The van der Waals surface area contributed by atoms with Gasteiger partial charge in [-0.25, -0.2) is 0 Å². The van der Waals surface area contributed by atoms with Crippen molar-refractivity contribution >= 4 is 23.4 Å². The zero-order valence-corrected chi connectivity index (χ0v) is 17.6. The number of aliphatic hydroxyl groups is 1. The van der Waals surface area contributed by atoms with Crippen LogP contribution in [-0.2, 0) is 20.9 Å². The van der Waals surface area contributed by atoms with E-state index in [9.17, 15) is 19.5 Å². The van der Waals surface area contributed by atoms with Crippen LogP contribution >= 0.6 is 0 Å². The van der Waals surface area contributed by atoms with Gasteiger partial charge in [-0.05, 0) is 18.6 Å². The smallest absolute Gasteiger partial charge is 0.255 e. The summed E-state index contributed by atoms with van der Waals surface area (Å²) in [6, 6.07) is 4.35. The van der Waals surface area contributed by atoms with Crippen molar-refractivity contribution in [3.05, 3.63) is 41.2 Å². The van der Waals surface area contributed by atoms with E-state index < -0.39 is 11.9 Å². The van der Waals surface area contributed by atoms with Crippen LogP contribution in [0.5, 0.6) is 5.75 Å². The van der Waals surface area contributed by atoms with Crippen molar-refractivity contribution in [3.63, 3.8) is 0 Å². The highest BCUT2D eigenvalue weighted by molar-refractivity contribution is 6.05. The number of ether oxygens (including phenoxy) is 2. The Morgan fingerprint density at radius 2 is 2.06 bits per heavy atom. The predicted molar refractivity (Wildman–Crippen MR) is 114 cm³/mol. The zero-order valence-electron chi connectivity index (χ0n) is 17.6. The second-order valence-corrected chi connectivity index (χ2v) is 8.02. The first-order valence-electron chi connectivity index (χ1n) is 10.6. The summed E-state index contributed by atoms with van der Waals surface area (Å²) in [5.41, 5.74) is 1.35. The summed E-state index contributed by atoms with van der Waals surface area (Å²) in [5, 5.41) is 20.6. The summed E-state index contributed by atoms with van der Waals surface area (Å²) in [6.07, 6.45) is 1.85. The van der Waals surface area contributed by atoms with E-state index in [1.807, 2.05) is 0 Å². The lowest BCUT2D eigenvalue weighted by Crippen LogP contribution is -2.52. The predicted octanol–water partition coefficient (Wildman–Crippen LogP) is 0.620. The highest BCUT2D eigenvalue weighted by Gasteiger charge is 2.40. The molecular formula is C22H26N4O6. The number of aliphatic hydroxyl groups excluding tert-OH is 1. The molecule has 10 nitrogen and oxygen atoms in total. The number of nitrogens with zero attached hydrogens (tertiary/aromatic N) is 2. The van der Waals surface area contributed by atoms with Crippen LogP contribution in [0.4, 0.5) is 0 Å². The molecule has 0 aromatic heterocycles. The molecule has 0 aliphatic carbocycles. The minimum Gasteiger partial charge on any atom is -0.509 e. The maximum atomic E-state index is 12.9. The lowest BCUT2D eigenvalue weighted by Gasteiger charge is -2.29. The van der Waals surface area contributed by atoms with Gasteiger partial charge in [0.1, 0.15) is 24.2 Å². The van der Waals surface area contributed by atoms with E-state index in [0.29, 0.717) is 36.6 Å². The number of carbonyl (C=O) groups is 3. The van der Waals surface area contributed by atoms with E-state index in [1.54, 1.807) is 18.2 Å². The number of carbonyl (C=O) groups excluding carboxylic acids is 3. The topological polar surface area (TPSA) is 132 Å². The van der Waals surface area contributed by atoms with Crippen molar-refractivity contribution in [2.45, 2.75) is 25.4 Å². The average molecular weight is 442 g/mol. The van der Waals surface area contributed by atoms with Crippen LogP contribution in [-0.4, -0.2) is 83.8 Å². The summed E-state index contributed by atoms with van der Waals surface area (Å²) in [6.45, 7) is 3.24. The van der Waals surface area contributed by atoms with Crippen LogP contribution in [0.15, 0.2) is 30.0 Å². The molecule has 1 atom stereocenters. The molecular weight excluding hydrogens is 416 g/mol. The number of amides is 3. The third-order valence-electron chi connectivity index (χ3n) is 5.75. The van der Waals surface area contributed by atoms with Crippen LogP contribution in [0, 0.1) is 5.41 Å². The number of morpholine rings is 1. The normalized spacial score (nSPS) is 22.0. The third-order valence-corrected chi connectivity index (χ3v) is 5.75. The second-order valence-electron chi connectivity index (χ2n) is 8.02. The van der Waals surface area contributed by atoms with Gasteiger partial charge in [0.05, 0.1) is 19.8 Å². The fraction of sp³-hybridized carbons (Fsp3) is 0.455. The standard InChI is InChI=1S/C22H26N4O6/c23-14(11-25-6-8-31-9-7-25)10-15(27)13-32-19-3-1-2-16-17(19)12-26(22(16)30)18-4-5-20(28)24-21(18)29/h1-3,10,18,23,27H,4-9,11-13H2,(H,24,28,29)/b15-10-,23-14?. The fourth-order valence-corrected chi connectivity index (χ4v) is 4.13. The largest absolute Gasteiger partial charge is 0.509 e. The molecule has 2 fully saturated rings. The van der Waals surface area contributed by atoms with Crippen LogP contribution in [0.2, 0.25) is 0 Å². The highest BCUT2D eigenvalue weighted by Crippen LogP contribution is 2.33. The van der Waals surface area contributed by atoms with E-state index in [1.165, 1.54) is 11.0 Å². The number of benzene rings is 1. The SMILES string of the molecule is N=C(/C=C(\O)COc1cccc2c1CN(C1CCC(=O)NC1=O)C2=O)CN1CCOCC1. The lowest BCUT2D eigenvalue weighted by molar-refractivity contribution is -0.136. The number of fused-ring (bicyclic) bond motifs is 1. The number of hydrogen-bond acceptors (Lipinski definition) is 8. The number of rotatable bonds is 7. The molecule has 3 aliphatic rings. The summed E-state index contributed by atoms with van der Waals surface area (Å²) in [5.74, 6) is -0.741. The molecule has 0 saturated carbocycles. The molecule has 0 bridgehead atoms. The van der Waals surface area contributed by atoms with Gasteiger partial charge < -0.3 is 24.9 Å². The Bertz CT molecular complexity index is 969. The monoisotopic (exact) mass is 442 g/mol. The molecule has 170 valence electrons. The van der Waals surface area contributed by atoms with Gasteiger partial charge in [0, 0.05) is 49.0 Å². The van der Waals surface area contributed by atoms with Gasteiger partial charge in [0.15, 0.2) is 0 Å². The first-order valence-corrected chi connectivity index (χ1v) is 10.6. The molecule has 1 aromatic rings. The summed E-state index contributed by atoms with van der Waals surface area (Å²) in [4.78, 5) is 40.0. The van der Waals surface area contributed by atoms with Gasteiger partial charge in [-0.2, -0.15) is 0 Å². The lowest BCUT2D eigenvalue weighted by atomic mass is 10.0. The maximum Gasteiger partial charge on any atom is 0.255 e. The first-order chi connectivity index (χ1) is 15.4. The van der Waals surface area contributed by atoms with Gasteiger partial charge >= 0.3 is 0 Å². The number of nitrogens with one attached hydrogen (secondary N) is 2. The van der Waals surface area contributed by atoms with E-state index in [0.717, 1.165) is 13.1 Å². The first kappa shape index (κ1) is 22.0. The molecule has 0 spiro atoms. The second kappa shape index (κ2) is 9.49. The maximum absolute atomic E-state index is 12.9. The van der Waals surface area contributed by atoms with Crippen LogP contribution in [0.25, 0.3) is 0 Å². The zero-order chi connectivity index (χ0) is 22.7. The van der Waals surface area contributed by atoms with Gasteiger partial charge in [-0.3, -0.25) is 24.6 Å². The van der Waals surface area contributed by atoms with Crippen LogP contribution in [0.3, 0.4) is 0 Å². The molecule has 10 heteroatoms. The van der Waals surface area contributed by atoms with Crippen molar-refractivity contribution < 1.29 is 29.0 Å². The van der Waals surface area contributed by atoms with E-state index >= 15 is 0 Å². The summed E-state index contributed by atoms with van der Waals surface area (Å²) >= 11 is 0. The quantitative estimate of drug-likeness (QED) is 0.320. The number of piperidine rings is 1. The molecule has 3 aliphatic heterocycles. The van der Waals surface area contributed by atoms with Crippen molar-refractivity contribution in [2.75, 3.05) is 39.5 Å². The fourth-order valence-electron chi connectivity index (χ4n) is 4.13. The van der Waals surface area contributed by atoms with Gasteiger partial charge in [0.25, 0.3) is 5.91 Å². The highest BCUT2D eigenvalue weighted by atomic mass is 16.5. The Balaban J connectivity index is 1.38. The molecule has 32 heavy (non-hydrogen) atoms. The molecule has 0 radical (unpaired) electrons. The van der Waals surface area contributed by atoms with E-state index in [2.05, 4.69) is 10.2 Å². The number of hydrogen-bond donors (Lipinski definition) is 3. The molecule has 3 N–H and O–H groups in total. The van der Waals surface area contributed by atoms with Crippen LogP contribution < -0.4 is 10.1 Å². The molecule has 4 rings (SSSR count). The van der Waals surface area contributed by atoms with Gasteiger partial charge in [0.2, 0.25) is 11.8 Å². The van der Waals surface area contributed by atoms with Gasteiger partial charge in [-0.15, -0.1) is 0 Å². The summed E-state index contributed by atoms with van der Waals surface area (Å²) < 4.78 is 11.0. The van der Waals surface area contributed by atoms with Crippen molar-refractivity contribution in [1.82, 2.24) is 15.1 Å².